The average molecular weight is 239 g/mol. The van der Waals surface area contributed by atoms with Gasteiger partial charge in [0.2, 0.25) is 0 Å². The maximum Gasteiger partial charge on any atom is 0.317 e. The Labute approximate surface area is 96.3 Å². The van der Waals surface area contributed by atoms with Crippen molar-refractivity contribution in [2.75, 3.05) is 7.11 Å². The van der Waals surface area contributed by atoms with Crippen LogP contribution in [-0.4, -0.2) is 24.2 Å². The van der Waals surface area contributed by atoms with E-state index in [1.807, 2.05) is 0 Å². The van der Waals surface area contributed by atoms with Crippen molar-refractivity contribution in [3.63, 3.8) is 0 Å². The van der Waals surface area contributed by atoms with Crippen LogP contribution in [0.1, 0.15) is 11.7 Å². The normalized spacial score (nSPS) is 13.4. The molecule has 0 aromatic heterocycles. The van der Waals surface area contributed by atoms with Crippen molar-refractivity contribution >= 4 is 5.97 Å². The third-order valence-corrected chi connectivity index (χ3v) is 2.13. The molecule has 2 unspecified atom stereocenters. The highest BCUT2D eigenvalue weighted by molar-refractivity contribution is 5.76. The number of aliphatic hydroxyl groups excluding tert-OH is 1. The predicted octanol–water partition coefficient (Wildman–Crippen LogP) is 1.71. The molecule has 0 fully saturated rings. The molecule has 0 radical (unpaired) electrons. The monoisotopic (exact) mass is 239 g/mol. The van der Waals surface area contributed by atoms with Crippen LogP contribution < -0.4 is 0 Å². The largest absolute Gasteiger partial charge is 0.469 e. The second-order valence-corrected chi connectivity index (χ2v) is 3.17. The fourth-order valence-electron chi connectivity index (χ4n) is 1.26. The molecule has 90 valence electrons. The fraction of sp³-hybridized carbons (Fsp3) is 0.300. The number of esters is 1. The maximum atomic E-state index is 12.7. The van der Waals surface area contributed by atoms with Crippen molar-refractivity contribution in [3.8, 4) is 0 Å². The number of hydrogen-bond acceptors (Lipinski definition) is 4. The first-order valence-electron chi connectivity index (χ1n) is 4.65. The Hall–Kier alpha value is -2.11. The molecule has 0 heterocycles. The third-order valence-electron chi connectivity index (χ3n) is 2.13. The van der Waals surface area contributed by atoms with Crippen LogP contribution in [0, 0.1) is 5.82 Å². The van der Waals surface area contributed by atoms with Crippen LogP contribution in [0.2, 0.25) is 0 Å². The van der Waals surface area contributed by atoms with Gasteiger partial charge in [-0.3, -0.25) is 4.79 Å². The number of benzene rings is 1. The molecule has 0 saturated heterocycles. The van der Waals surface area contributed by atoms with Gasteiger partial charge in [0.25, 0.3) is 0 Å². The fourth-order valence-corrected chi connectivity index (χ4v) is 1.26. The van der Waals surface area contributed by atoms with Gasteiger partial charge in [0.05, 0.1) is 13.2 Å². The molecule has 7 heteroatoms. The Balaban J connectivity index is 2.99. The van der Waals surface area contributed by atoms with Gasteiger partial charge in [0, 0.05) is 4.91 Å². The number of azide groups is 1. The van der Waals surface area contributed by atoms with E-state index in [-0.39, 0.29) is 5.56 Å². The average Bonchev–Trinajstić information content (AvgIpc) is 2.35. The van der Waals surface area contributed by atoms with Crippen molar-refractivity contribution in [3.05, 3.63) is 46.1 Å². The Morgan fingerprint density at radius 2 is 2.12 bits per heavy atom. The number of carbonyl (C=O) groups is 1. The molecule has 1 aromatic carbocycles. The minimum Gasteiger partial charge on any atom is -0.469 e. The van der Waals surface area contributed by atoms with Crippen molar-refractivity contribution < 1.29 is 19.0 Å². The van der Waals surface area contributed by atoms with Crippen molar-refractivity contribution in [1.82, 2.24) is 0 Å². The molecule has 1 aromatic rings. The first kappa shape index (κ1) is 13.0. The van der Waals surface area contributed by atoms with E-state index >= 15 is 0 Å². The van der Waals surface area contributed by atoms with Gasteiger partial charge in [-0.2, -0.15) is 0 Å². The zero-order valence-electron chi connectivity index (χ0n) is 8.95. The molecule has 0 amide bonds. The lowest BCUT2D eigenvalue weighted by Gasteiger charge is -2.16. The van der Waals surface area contributed by atoms with E-state index in [0.717, 1.165) is 19.2 Å². The minimum absolute atomic E-state index is 0.259. The van der Waals surface area contributed by atoms with Crippen molar-refractivity contribution in [2.45, 2.75) is 12.1 Å². The summed E-state index contributed by atoms with van der Waals surface area (Å²) in [6.45, 7) is 0. The summed E-state index contributed by atoms with van der Waals surface area (Å²) < 4.78 is 17.1. The van der Waals surface area contributed by atoms with E-state index in [1.54, 1.807) is 0 Å². The smallest absolute Gasteiger partial charge is 0.317 e. The van der Waals surface area contributed by atoms with Gasteiger partial charge < -0.3 is 9.84 Å². The van der Waals surface area contributed by atoms with Gasteiger partial charge in [-0.15, -0.1) is 0 Å². The summed E-state index contributed by atoms with van der Waals surface area (Å²) >= 11 is 0. The topological polar surface area (TPSA) is 95.3 Å². The van der Waals surface area contributed by atoms with E-state index in [9.17, 15) is 14.3 Å². The Bertz CT molecular complexity index is 443. The Morgan fingerprint density at radius 1 is 1.53 bits per heavy atom. The summed E-state index contributed by atoms with van der Waals surface area (Å²) in [6, 6.07) is 3.45. The van der Waals surface area contributed by atoms with Crippen LogP contribution in [0.15, 0.2) is 29.4 Å². The first-order valence-corrected chi connectivity index (χ1v) is 4.65. The highest BCUT2D eigenvalue weighted by Gasteiger charge is 2.27. The predicted molar refractivity (Wildman–Crippen MR) is 56.3 cm³/mol. The number of nitrogens with zero attached hydrogens (tertiary/aromatic N) is 3. The van der Waals surface area contributed by atoms with Crippen LogP contribution in [0.25, 0.3) is 10.4 Å². The van der Waals surface area contributed by atoms with Gasteiger partial charge in [-0.1, -0.05) is 17.2 Å². The van der Waals surface area contributed by atoms with Gasteiger partial charge in [0.15, 0.2) is 6.04 Å². The van der Waals surface area contributed by atoms with Gasteiger partial charge in [-0.25, -0.2) is 4.39 Å². The molecular formula is C10H10FN3O3. The summed E-state index contributed by atoms with van der Waals surface area (Å²) in [5.74, 6) is -1.33. The second kappa shape index (κ2) is 5.83. The molecule has 1 N–H and O–H groups in total. The number of rotatable bonds is 4. The molecule has 1 rings (SSSR count). The number of methoxy groups -OCH3 is 1. The lowest BCUT2D eigenvalue weighted by atomic mass is 10.0. The molecule has 0 saturated carbocycles. The quantitative estimate of drug-likeness (QED) is 0.375. The number of ether oxygens (including phenoxy) is 1. The van der Waals surface area contributed by atoms with E-state index in [1.165, 1.54) is 12.1 Å². The number of aliphatic hydroxyl groups is 1. The van der Waals surface area contributed by atoms with E-state index in [4.69, 9.17) is 5.53 Å². The summed E-state index contributed by atoms with van der Waals surface area (Å²) in [6.07, 6.45) is -1.38. The van der Waals surface area contributed by atoms with Gasteiger partial charge in [-0.05, 0) is 23.2 Å². The molecule has 0 aliphatic heterocycles. The molecule has 17 heavy (non-hydrogen) atoms. The lowest BCUT2D eigenvalue weighted by molar-refractivity contribution is -0.144. The van der Waals surface area contributed by atoms with Crippen molar-refractivity contribution in [1.29, 1.82) is 0 Å². The van der Waals surface area contributed by atoms with Crippen molar-refractivity contribution in [2.24, 2.45) is 5.11 Å². The zero-order chi connectivity index (χ0) is 12.8. The molecule has 0 aliphatic rings. The SMILES string of the molecule is COC(=O)C(N=[N+]=[N-])C(O)c1ccc(F)cc1. The number of halogens is 1. The lowest BCUT2D eigenvalue weighted by Crippen LogP contribution is -2.27. The van der Waals surface area contributed by atoms with Gasteiger partial charge >= 0.3 is 5.97 Å². The molecular weight excluding hydrogens is 229 g/mol. The Morgan fingerprint density at radius 3 is 2.59 bits per heavy atom. The summed E-state index contributed by atoms with van der Waals surface area (Å²) in [5.41, 5.74) is 8.56. The number of hydrogen-bond donors (Lipinski definition) is 1. The van der Waals surface area contributed by atoms with Gasteiger partial charge in [0.1, 0.15) is 5.82 Å². The highest BCUT2D eigenvalue weighted by Crippen LogP contribution is 2.20. The summed E-state index contributed by atoms with van der Waals surface area (Å²) in [4.78, 5) is 13.7. The van der Waals surface area contributed by atoms with E-state index in [2.05, 4.69) is 14.8 Å². The molecule has 0 aliphatic carbocycles. The van der Waals surface area contributed by atoms with Crippen LogP contribution in [0.4, 0.5) is 4.39 Å². The molecule has 2 atom stereocenters. The zero-order valence-corrected chi connectivity index (χ0v) is 8.95. The summed E-state index contributed by atoms with van der Waals surface area (Å²) in [5, 5.41) is 13.0. The van der Waals surface area contributed by atoms with E-state index in [0.29, 0.717) is 0 Å². The molecule has 0 spiro atoms. The Kier molecular flexibility index (Phi) is 4.45. The second-order valence-electron chi connectivity index (χ2n) is 3.17. The third kappa shape index (κ3) is 3.17. The standard InChI is InChI=1S/C10H10FN3O3/c1-17-10(16)8(13-14-12)9(15)6-2-4-7(11)5-3-6/h2-5,8-9,15H,1H3. The molecule has 0 bridgehead atoms. The van der Waals surface area contributed by atoms with Crippen LogP contribution >= 0.6 is 0 Å². The highest BCUT2D eigenvalue weighted by atomic mass is 19.1. The van der Waals surface area contributed by atoms with Crippen LogP contribution in [0.3, 0.4) is 0 Å². The maximum absolute atomic E-state index is 12.7. The first-order chi connectivity index (χ1) is 8.10. The van der Waals surface area contributed by atoms with E-state index < -0.39 is 23.9 Å². The minimum atomic E-state index is -1.39. The number of carbonyl (C=O) groups excluding carboxylic acids is 1. The molecule has 6 nitrogen and oxygen atoms in total. The van der Waals surface area contributed by atoms with Crippen LogP contribution in [-0.2, 0) is 9.53 Å². The van der Waals surface area contributed by atoms with Crippen LogP contribution in [0.5, 0.6) is 0 Å². The summed E-state index contributed by atoms with van der Waals surface area (Å²) in [7, 11) is 1.11.